The number of nitrogens with zero attached hydrogens (tertiary/aromatic N) is 2. The lowest BCUT2D eigenvalue weighted by atomic mass is 9.85. The van der Waals surface area contributed by atoms with Gasteiger partial charge in [-0.25, -0.2) is 10.1 Å². The van der Waals surface area contributed by atoms with Crippen LogP contribution in [0.3, 0.4) is 0 Å². The zero-order valence-corrected chi connectivity index (χ0v) is 24.9. The van der Waals surface area contributed by atoms with Gasteiger partial charge in [-0.1, -0.05) is 52.4 Å². The smallest absolute Gasteiger partial charge is 0.305 e. The van der Waals surface area contributed by atoms with Crippen LogP contribution in [-0.2, 0) is 23.9 Å². The minimum Gasteiger partial charge on any atom is -0.469 e. The fourth-order valence-corrected chi connectivity index (χ4v) is 5.34. The Bertz CT molecular complexity index is 861. The highest BCUT2D eigenvalue weighted by atomic mass is 16.7. The molecule has 1 aliphatic carbocycles. The standard InChI is InChI=1S/C28H50N6O7/c1-20(2)18-22(19-35)31-27(38)24(15-11-17-30-28(29)33-34(39)40)32-26(37)23(21-12-9-10-13-21)14-7-5-4-6-8-16-25(36)41-3/h19-24H,4-18H2,1-3H3,(H,31,38)(H,32,37)(H3,29,30,33)/t22-,23?,24-/m0/s1. The van der Waals surface area contributed by atoms with E-state index in [2.05, 4.69) is 25.8 Å². The highest BCUT2D eigenvalue weighted by molar-refractivity contribution is 5.90. The number of esters is 1. The van der Waals surface area contributed by atoms with Crippen molar-refractivity contribution in [1.29, 1.82) is 0 Å². The molecule has 3 atom stereocenters. The maximum atomic E-state index is 13.6. The van der Waals surface area contributed by atoms with E-state index in [1.165, 1.54) is 7.11 Å². The largest absolute Gasteiger partial charge is 0.469 e. The summed E-state index contributed by atoms with van der Waals surface area (Å²) in [7, 11) is 1.39. The molecule has 0 saturated heterocycles. The molecule has 0 radical (unpaired) electrons. The molecule has 0 aliphatic heterocycles. The summed E-state index contributed by atoms with van der Waals surface area (Å²) in [5, 5.41) is 20.9. The number of hydrogen-bond acceptors (Lipinski definition) is 7. The number of methoxy groups -OCH3 is 1. The van der Waals surface area contributed by atoms with Crippen molar-refractivity contribution < 1.29 is 28.9 Å². The van der Waals surface area contributed by atoms with Gasteiger partial charge in [0, 0.05) is 18.9 Å². The SMILES string of the molecule is COC(=O)CCCCCCCC(C(=O)N[C@@H](CCCN/C(N)=N\[N+](=O)[O-])C(=O)N[C@H](C=O)CC(C)C)C1CCCC1. The molecule has 0 aromatic heterocycles. The van der Waals surface area contributed by atoms with Gasteiger partial charge < -0.3 is 31.2 Å². The number of carbonyl (C=O) groups is 4. The van der Waals surface area contributed by atoms with Crippen LogP contribution >= 0.6 is 0 Å². The number of nitrogens with two attached hydrogens (primary N) is 1. The second-order valence-corrected chi connectivity index (χ2v) is 11.3. The third kappa shape index (κ3) is 15.9. The molecular formula is C28H50N6O7. The number of aldehydes is 1. The first-order valence-electron chi connectivity index (χ1n) is 14.9. The average Bonchev–Trinajstić information content (AvgIpc) is 3.45. The number of carbonyl (C=O) groups excluding carboxylic acids is 4. The van der Waals surface area contributed by atoms with Crippen molar-refractivity contribution in [3.05, 3.63) is 10.1 Å². The number of hydrazone groups is 1. The van der Waals surface area contributed by atoms with E-state index in [4.69, 9.17) is 5.73 Å². The van der Waals surface area contributed by atoms with Crippen LogP contribution < -0.4 is 21.7 Å². The van der Waals surface area contributed by atoms with E-state index in [1.807, 2.05) is 13.8 Å². The van der Waals surface area contributed by atoms with Crippen molar-refractivity contribution in [3.8, 4) is 0 Å². The van der Waals surface area contributed by atoms with E-state index in [1.54, 1.807) is 0 Å². The minimum atomic E-state index is -0.904. The number of ether oxygens (including phenoxy) is 1. The van der Waals surface area contributed by atoms with Crippen LogP contribution in [0.2, 0.25) is 0 Å². The van der Waals surface area contributed by atoms with Gasteiger partial charge in [-0.3, -0.25) is 14.4 Å². The fourth-order valence-electron chi connectivity index (χ4n) is 5.34. The van der Waals surface area contributed by atoms with Gasteiger partial charge in [-0.2, -0.15) is 0 Å². The Labute approximate surface area is 243 Å². The Balaban J connectivity index is 2.81. The molecule has 13 heteroatoms. The summed E-state index contributed by atoms with van der Waals surface area (Å²) in [6.45, 7) is 4.12. The molecule has 0 spiro atoms. The predicted octanol–water partition coefficient (Wildman–Crippen LogP) is 2.79. The van der Waals surface area contributed by atoms with Crippen LogP contribution in [0.15, 0.2) is 5.10 Å². The zero-order valence-electron chi connectivity index (χ0n) is 24.9. The lowest BCUT2D eigenvalue weighted by Gasteiger charge is -2.27. The molecule has 5 N–H and O–H groups in total. The molecule has 41 heavy (non-hydrogen) atoms. The van der Waals surface area contributed by atoms with Crippen LogP contribution in [-0.4, -0.2) is 60.8 Å². The van der Waals surface area contributed by atoms with E-state index in [0.29, 0.717) is 25.5 Å². The Morgan fingerprint density at radius 3 is 2.29 bits per heavy atom. The summed E-state index contributed by atoms with van der Waals surface area (Å²) < 4.78 is 4.67. The molecule has 1 aliphatic rings. The van der Waals surface area contributed by atoms with Gasteiger partial charge in [0.15, 0.2) is 5.03 Å². The topological polar surface area (TPSA) is 195 Å². The van der Waals surface area contributed by atoms with Gasteiger partial charge in [0.1, 0.15) is 17.4 Å². The van der Waals surface area contributed by atoms with Gasteiger partial charge in [0.05, 0.1) is 13.2 Å². The van der Waals surface area contributed by atoms with Crippen LogP contribution in [0, 0.1) is 27.9 Å². The zero-order chi connectivity index (χ0) is 30.6. The molecule has 0 heterocycles. The van der Waals surface area contributed by atoms with Gasteiger partial charge in [0.25, 0.3) is 5.96 Å². The van der Waals surface area contributed by atoms with Crippen LogP contribution in [0.25, 0.3) is 0 Å². The van der Waals surface area contributed by atoms with Crippen LogP contribution in [0.1, 0.15) is 104 Å². The molecule has 1 rings (SSSR count). The number of amides is 2. The maximum Gasteiger partial charge on any atom is 0.305 e. The summed E-state index contributed by atoms with van der Waals surface area (Å²) in [5.41, 5.74) is 5.47. The summed E-state index contributed by atoms with van der Waals surface area (Å²) in [6.07, 6.45) is 11.6. The molecule has 1 fully saturated rings. The molecular weight excluding hydrogens is 532 g/mol. The van der Waals surface area contributed by atoms with E-state index in [-0.39, 0.29) is 48.6 Å². The monoisotopic (exact) mass is 582 g/mol. The van der Waals surface area contributed by atoms with Crippen molar-refractivity contribution in [2.45, 2.75) is 116 Å². The van der Waals surface area contributed by atoms with Crippen molar-refractivity contribution >= 4 is 30.0 Å². The Hall–Kier alpha value is -3.25. The van der Waals surface area contributed by atoms with Crippen molar-refractivity contribution in [2.75, 3.05) is 13.7 Å². The van der Waals surface area contributed by atoms with Crippen LogP contribution in [0.4, 0.5) is 0 Å². The summed E-state index contributed by atoms with van der Waals surface area (Å²) in [6, 6.07) is -1.53. The third-order valence-electron chi connectivity index (χ3n) is 7.44. The van der Waals surface area contributed by atoms with Crippen molar-refractivity contribution in [1.82, 2.24) is 16.0 Å². The van der Waals surface area contributed by atoms with E-state index in [9.17, 15) is 29.3 Å². The lowest BCUT2D eigenvalue weighted by Crippen LogP contribution is -2.52. The molecule has 1 unspecified atom stereocenters. The second-order valence-electron chi connectivity index (χ2n) is 11.3. The van der Waals surface area contributed by atoms with Crippen molar-refractivity contribution in [3.63, 3.8) is 0 Å². The fraction of sp³-hybridized carbons (Fsp3) is 0.821. The van der Waals surface area contributed by atoms with Crippen LogP contribution in [0.5, 0.6) is 0 Å². The Morgan fingerprint density at radius 1 is 1.02 bits per heavy atom. The number of hydrogen-bond donors (Lipinski definition) is 4. The van der Waals surface area contributed by atoms with E-state index in [0.717, 1.165) is 64.2 Å². The average molecular weight is 583 g/mol. The quantitative estimate of drug-likeness (QED) is 0.0299. The normalized spacial score (nSPS) is 16.0. The first-order valence-corrected chi connectivity index (χ1v) is 14.9. The molecule has 0 aromatic carbocycles. The van der Waals surface area contributed by atoms with Crippen molar-refractivity contribution in [2.24, 2.45) is 28.6 Å². The number of guanidine groups is 1. The minimum absolute atomic E-state index is 0.156. The molecule has 234 valence electrons. The number of nitro groups is 1. The molecule has 13 nitrogen and oxygen atoms in total. The Kier molecular flexibility index (Phi) is 18.0. The number of rotatable bonds is 21. The summed E-state index contributed by atoms with van der Waals surface area (Å²) in [5.74, 6) is -0.879. The van der Waals surface area contributed by atoms with Gasteiger partial charge in [-0.15, -0.1) is 0 Å². The molecule has 0 bridgehead atoms. The van der Waals surface area contributed by atoms with Gasteiger partial charge in [-0.05, 0) is 56.8 Å². The number of nitrogens with one attached hydrogen (secondary N) is 3. The summed E-state index contributed by atoms with van der Waals surface area (Å²) in [4.78, 5) is 60.1. The Morgan fingerprint density at radius 2 is 1.68 bits per heavy atom. The number of unbranched alkanes of at least 4 members (excludes halogenated alkanes) is 4. The van der Waals surface area contributed by atoms with Gasteiger partial charge >= 0.3 is 5.97 Å². The molecule has 1 saturated carbocycles. The highest BCUT2D eigenvalue weighted by Gasteiger charge is 2.33. The summed E-state index contributed by atoms with van der Waals surface area (Å²) >= 11 is 0. The second kappa shape index (κ2) is 20.6. The highest BCUT2D eigenvalue weighted by Crippen LogP contribution is 2.34. The first kappa shape index (κ1) is 35.8. The van der Waals surface area contributed by atoms with Gasteiger partial charge in [0.2, 0.25) is 11.8 Å². The third-order valence-corrected chi connectivity index (χ3v) is 7.44. The first-order chi connectivity index (χ1) is 19.6. The molecule has 0 aromatic rings. The van der Waals surface area contributed by atoms with E-state index < -0.39 is 23.0 Å². The van der Waals surface area contributed by atoms with E-state index >= 15 is 0 Å². The molecule has 2 amide bonds. The maximum absolute atomic E-state index is 13.6. The predicted molar refractivity (Wildman–Crippen MR) is 155 cm³/mol. The lowest BCUT2D eigenvalue weighted by molar-refractivity contribution is -0.485.